The molecule has 0 heterocycles. The number of halogens is 1. The number of nitrogens with one attached hydrogen (secondary N) is 1. The maximum absolute atomic E-state index is 12.0. The number of hydrogen-bond donors (Lipinski definition) is 2. The summed E-state index contributed by atoms with van der Waals surface area (Å²) in [5.41, 5.74) is 2.00. The van der Waals surface area contributed by atoms with Crippen molar-refractivity contribution in [3.05, 3.63) is 58.1 Å². The third-order valence-electron chi connectivity index (χ3n) is 2.59. The predicted molar refractivity (Wildman–Crippen MR) is 74.9 cm³/mol. The molecule has 92 valence electrons. The molecule has 2 rings (SSSR count). The van der Waals surface area contributed by atoms with E-state index in [0.29, 0.717) is 11.3 Å². The van der Waals surface area contributed by atoms with Gasteiger partial charge in [0.05, 0.1) is 5.69 Å². The first-order valence-corrected chi connectivity index (χ1v) is 6.23. The van der Waals surface area contributed by atoms with E-state index in [4.69, 9.17) is 0 Å². The van der Waals surface area contributed by atoms with Crippen molar-refractivity contribution in [1.82, 2.24) is 0 Å². The van der Waals surface area contributed by atoms with Crippen LogP contribution in [-0.4, -0.2) is 11.0 Å². The molecule has 18 heavy (non-hydrogen) atoms. The molecule has 0 aromatic heterocycles. The lowest BCUT2D eigenvalue weighted by molar-refractivity contribution is 0.102. The van der Waals surface area contributed by atoms with Gasteiger partial charge in [0.25, 0.3) is 5.91 Å². The van der Waals surface area contributed by atoms with Gasteiger partial charge in [0.15, 0.2) is 0 Å². The van der Waals surface area contributed by atoms with Crippen LogP contribution >= 0.6 is 15.9 Å². The molecule has 3 nitrogen and oxygen atoms in total. The largest absolute Gasteiger partial charge is 0.506 e. The molecule has 0 fully saturated rings. The first-order valence-electron chi connectivity index (χ1n) is 5.43. The number of rotatable bonds is 2. The zero-order valence-corrected chi connectivity index (χ0v) is 11.4. The summed E-state index contributed by atoms with van der Waals surface area (Å²) in [6, 6.07) is 12.0. The average molecular weight is 306 g/mol. The van der Waals surface area contributed by atoms with E-state index in [1.54, 1.807) is 30.3 Å². The summed E-state index contributed by atoms with van der Waals surface area (Å²) in [4.78, 5) is 12.0. The van der Waals surface area contributed by atoms with Crippen molar-refractivity contribution >= 4 is 27.5 Å². The molecule has 4 heteroatoms. The molecule has 0 spiro atoms. The quantitative estimate of drug-likeness (QED) is 0.831. The number of anilines is 1. The number of amides is 1. The van der Waals surface area contributed by atoms with E-state index in [0.717, 1.165) is 10.0 Å². The van der Waals surface area contributed by atoms with Gasteiger partial charge in [-0.05, 0) is 36.8 Å². The van der Waals surface area contributed by atoms with Crippen molar-refractivity contribution in [2.45, 2.75) is 6.92 Å². The van der Waals surface area contributed by atoms with Crippen LogP contribution in [-0.2, 0) is 0 Å². The van der Waals surface area contributed by atoms with Gasteiger partial charge in [-0.25, -0.2) is 0 Å². The number of phenolic OH excluding ortho intramolecular Hbond substituents is 1. The fraction of sp³-hybridized carbons (Fsp3) is 0.0714. The van der Waals surface area contributed by atoms with E-state index >= 15 is 0 Å². The maximum atomic E-state index is 12.0. The van der Waals surface area contributed by atoms with E-state index in [-0.39, 0.29) is 11.7 Å². The van der Waals surface area contributed by atoms with Crippen molar-refractivity contribution in [3.8, 4) is 5.75 Å². The fourth-order valence-electron chi connectivity index (χ4n) is 1.51. The monoisotopic (exact) mass is 305 g/mol. The molecule has 2 aromatic rings. The van der Waals surface area contributed by atoms with E-state index < -0.39 is 0 Å². The Bertz CT molecular complexity index is 596. The highest BCUT2D eigenvalue weighted by molar-refractivity contribution is 9.10. The van der Waals surface area contributed by atoms with E-state index in [1.807, 2.05) is 13.0 Å². The van der Waals surface area contributed by atoms with E-state index in [9.17, 15) is 9.90 Å². The van der Waals surface area contributed by atoms with Gasteiger partial charge in [0.2, 0.25) is 0 Å². The van der Waals surface area contributed by atoms with Gasteiger partial charge in [0.1, 0.15) is 5.75 Å². The fourth-order valence-corrected chi connectivity index (χ4v) is 1.89. The van der Waals surface area contributed by atoms with Crippen LogP contribution in [0.3, 0.4) is 0 Å². The normalized spacial score (nSPS) is 10.1. The molecule has 1 amide bonds. The number of carbonyl (C=O) groups excluding carboxylic acids is 1. The number of para-hydroxylation sites is 2. The number of phenols is 1. The summed E-state index contributed by atoms with van der Waals surface area (Å²) < 4.78 is 0.882. The third-order valence-corrected chi connectivity index (χ3v) is 3.44. The zero-order valence-electron chi connectivity index (χ0n) is 9.77. The van der Waals surface area contributed by atoms with Crippen LogP contribution in [0.4, 0.5) is 5.69 Å². The second-order valence-electron chi connectivity index (χ2n) is 3.94. The molecule has 0 atom stereocenters. The van der Waals surface area contributed by atoms with E-state index in [2.05, 4.69) is 21.2 Å². The van der Waals surface area contributed by atoms with Crippen LogP contribution in [0, 0.1) is 6.92 Å². The van der Waals surface area contributed by atoms with Crippen LogP contribution in [0.2, 0.25) is 0 Å². The topological polar surface area (TPSA) is 49.3 Å². The van der Waals surface area contributed by atoms with Crippen molar-refractivity contribution in [2.75, 3.05) is 5.32 Å². The Hall–Kier alpha value is -1.81. The molecular weight excluding hydrogens is 294 g/mol. The number of hydrogen-bond acceptors (Lipinski definition) is 2. The summed E-state index contributed by atoms with van der Waals surface area (Å²) in [5.74, 6) is -0.200. The molecule has 2 aromatic carbocycles. The third kappa shape index (κ3) is 2.71. The van der Waals surface area contributed by atoms with Crippen molar-refractivity contribution in [1.29, 1.82) is 0 Å². The Morgan fingerprint density at radius 3 is 2.61 bits per heavy atom. The second kappa shape index (κ2) is 5.23. The Morgan fingerprint density at radius 2 is 1.94 bits per heavy atom. The van der Waals surface area contributed by atoms with E-state index in [1.165, 1.54) is 6.07 Å². The van der Waals surface area contributed by atoms with Gasteiger partial charge < -0.3 is 10.4 Å². The minimum Gasteiger partial charge on any atom is -0.506 e. The second-order valence-corrected chi connectivity index (χ2v) is 4.79. The number of aryl methyl sites for hydroxylation is 1. The predicted octanol–water partition coefficient (Wildman–Crippen LogP) is 3.72. The van der Waals surface area contributed by atoms with Gasteiger partial charge in [-0.1, -0.05) is 34.1 Å². The summed E-state index contributed by atoms with van der Waals surface area (Å²) >= 11 is 3.38. The van der Waals surface area contributed by atoms with Crippen molar-refractivity contribution in [3.63, 3.8) is 0 Å². The Morgan fingerprint density at radius 1 is 1.22 bits per heavy atom. The zero-order chi connectivity index (χ0) is 13.1. The summed E-state index contributed by atoms with van der Waals surface area (Å²) in [5, 5.41) is 12.2. The number of benzene rings is 2. The molecule has 2 N–H and O–H groups in total. The Labute approximate surface area is 114 Å². The highest BCUT2D eigenvalue weighted by Gasteiger charge is 2.09. The SMILES string of the molecule is Cc1ccc(C(=O)Nc2ccccc2O)cc1Br. The number of aromatic hydroxyl groups is 1. The lowest BCUT2D eigenvalue weighted by atomic mass is 10.1. The lowest BCUT2D eigenvalue weighted by Crippen LogP contribution is -2.12. The van der Waals surface area contributed by atoms with Crippen LogP contribution in [0.1, 0.15) is 15.9 Å². The summed E-state index contributed by atoms with van der Waals surface area (Å²) in [6.45, 7) is 1.95. The molecule has 0 unspecified atom stereocenters. The molecule has 0 aliphatic carbocycles. The standard InChI is InChI=1S/C14H12BrNO2/c1-9-6-7-10(8-11(9)15)14(18)16-12-4-2-3-5-13(12)17/h2-8,17H,1H3,(H,16,18). The van der Waals surface area contributed by atoms with Crippen LogP contribution in [0.5, 0.6) is 5.75 Å². The molecule has 0 aliphatic heterocycles. The molecule has 0 bridgehead atoms. The Balaban J connectivity index is 2.22. The first kappa shape index (κ1) is 12.6. The molecule has 0 aliphatic rings. The molecule has 0 saturated heterocycles. The maximum Gasteiger partial charge on any atom is 0.255 e. The van der Waals surface area contributed by atoms with Gasteiger partial charge in [-0.15, -0.1) is 0 Å². The lowest BCUT2D eigenvalue weighted by Gasteiger charge is -2.08. The van der Waals surface area contributed by atoms with Gasteiger partial charge in [-0.3, -0.25) is 4.79 Å². The van der Waals surface area contributed by atoms with Gasteiger partial charge in [0, 0.05) is 10.0 Å². The molecule has 0 radical (unpaired) electrons. The average Bonchev–Trinajstić information content (AvgIpc) is 2.35. The minimum atomic E-state index is -0.253. The van der Waals surface area contributed by atoms with Crippen LogP contribution < -0.4 is 5.32 Å². The van der Waals surface area contributed by atoms with Crippen molar-refractivity contribution < 1.29 is 9.90 Å². The Kier molecular flexibility index (Phi) is 3.67. The smallest absolute Gasteiger partial charge is 0.255 e. The molecular formula is C14H12BrNO2. The number of carbonyl (C=O) groups is 1. The van der Waals surface area contributed by atoms with Crippen LogP contribution in [0.15, 0.2) is 46.9 Å². The summed E-state index contributed by atoms with van der Waals surface area (Å²) in [7, 11) is 0. The van der Waals surface area contributed by atoms with Gasteiger partial charge in [-0.2, -0.15) is 0 Å². The highest BCUT2D eigenvalue weighted by Crippen LogP contribution is 2.23. The highest BCUT2D eigenvalue weighted by atomic mass is 79.9. The molecule has 0 saturated carbocycles. The summed E-state index contributed by atoms with van der Waals surface area (Å²) in [6.07, 6.45) is 0. The minimum absolute atomic E-state index is 0.0528. The van der Waals surface area contributed by atoms with Gasteiger partial charge >= 0.3 is 0 Å². The first-order chi connectivity index (χ1) is 8.58. The van der Waals surface area contributed by atoms with Crippen molar-refractivity contribution in [2.24, 2.45) is 0 Å². The van der Waals surface area contributed by atoms with Crippen LogP contribution in [0.25, 0.3) is 0 Å².